The SMILES string of the molecule is C=CC(=O)N1CC(Oc2cc3c(N(c4cccc(Cl)c4)c4ccc(F)cc4F)ncnc3cc2OCCOC)C1. The van der Waals surface area contributed by atoms with Crippen molar-refractivity contribution in [3.05, 3.63) is 90.2 Å². The Hall–Kier alpha value is -4.28. The Morgan fingerprint density at radius 2 is 1.95 bits per heavy atom. The standard InChI is InChI=1S/C29H25ClF2N4O4/c1-3-28(37)35-15-21(16-35)40-27-13-22-24(14-26(27)39-10-9-38-2)33-17-34-29(22)36(20-6-4-5-18(30)11-20)25-8-7-19(31)12-23(25)32/h3-8,11-14,17,21H,1,9-10,15-16H2,2H3. The third kappa shape index (κ3) is 5.68. The number of hydrogen-bond donors (Lipinski definition) is 0. The third-order valence-corrected chi connectivity index (χ3v) is 6.52. The number of hydrogen-bond acceptors (Lipinski definition) is 7. The highest BCUT2D eigenvalue weighted by Crippen LogP contribution is 2.42. The molecule has 0 bridgehead atoms. The zero-order valence-electron chi connectivity index (χ0n) is 21.5. The van der Waals surface area contributed by atoms with Crippen LogP contribution in [0, 0.1) is 11.6 Å². The summed E-state index contributed by atoms with van der Waals surface area (Å²) in [6, 6.07) is 13.5. The summed E-state index contributed by atoms with van der Waals surface area (Å²) in [6.45, 7) is 4.90. The van der Waals surface area contributed by atoms with E-state index in [4.69, 9.17) is 25.8 Å². The van der Waals surface area contributed by atoms with E-state index < -0.39 is 11.6 Å². The van der Waals surface area contributed by atoms with Crippen LogP contribution in [0.5, 0.6) is 11.5 Å². The monoisotopic (exact) mass is 566 g/mol. The number of benzene rings is 3. The molecule has 1 aliphatic heterocycles. The van der Waals surface area contributed by atoms with E-state index in [1.165, 1.54) is 29.4 Å². The first kappa shape index (κ1) is 27.3. The minimum absolute atomic E-state index is 0.0594. The molecule has 0 aliphatic carbocycles. The molecule has 1 aliphatic rings. The number of ether oxygens (including phenoxy) is 3. The Morgan fingerprint density at radius 1 is 1.12 bits per heavy atom. The van der Waals surface area contributed by atoms with Crippen molar-refractivity contribution < 1.29 is 27.8 Å². The van der Waals surface area contributed by atoms with Crippen molar-refractivity contribution >= 4 is 45.6 Å². The average molecular weight is 567 g/mol. The van der Waals surface area contributed by atoms with Gasteiger partial charge in [0.1, 0.15) is 36.5 Å². The first-order valence-corrected chi connectivity index (χ1v) is 12.7. The average Bonchev–Trinajstić information content (AvgIpc) is 2.92. The molecule has 1 saturated heterocycles. The maximum absolute atomic E-state index is 15.2. The zero-order valence-corrected chi connectivity index (χ0v) is 22.3. The fraction of sp³-hybridized carbons (Fsp3) is 0.207. The quantitative estimate of drug-likeness (QED) is 0.176. The minimum atomic E-state index is -0.788. The molecule has 206 valence electrons. The molecular weight excluding hydrogens is 542 g/mol. The lowest BCUT2D eigenvalue weighted by atomic mass is 10.1. The molecule has 8 nitrogen and oxygen atoms in total. The Bertz CT molecular complexity index is 1560. The summed E-state index contributed by atoms with van der Waals surface area (Å²) >= 11 is 6.28. The van der Waals surface area contributed by atoms with Gasteiger partial charge in [0.25, 0.3) is 0 Å². The Balaban J connectivity index is 1.62. The lowest BCUT2D eigenvalue weighted by Crippen LogP contribution is -2.55. The van der Waals surface area contributed by atoms with Gasteiger partial charge in [-0.25, -0.2) is 18.7 Å². The van der Waals surface area contributed by atoms with E-state index in [2.05, 4.69) is 16.5 Å². The first-order valence-electron chi connectivity index (χ1n) is 12.4. The highest BCUT2D eigenvalue weighted by molar-refractivity contribution is 6.30. The van der Waals surface area contributed by atoms with Gasteiger partial charge in [-0.05, 0) is 42.5 Å². The van der Waals surface area contributed by atoms with Crippen molar-refractivity contribution in [2.24, 2.45) is 0 Å². The van der Waals surface area contributed by atoms with Crippen LogP contribution in [0.4, 0.5) is 26.0 Å². The normalized spacial score (nSPS) is 13.2. The molecule has 1 aromatic heterocycles. The molecule has 0 atom stereocenters. The predicted octanol–water partition coefficient (Wildman–Crippen LogP) is 5.83. The number of rotatable bonds is 10. The summed E-state index contributed by atoms with van der Waals surface area (Å²) in [6.07, 6.45) is 2.33. The molecule has 1 fully saturated rings. The van der Waals surface area contributed by atoms with E-state index in [9.17, 15) is 9.18 Å². The Kier molecular flexibility index (Phi) is 8.09. The zero-order chi connectivity index (χ0) is 28.2. The van der Waals surface area contributed by atoms with Crippen LogP contribution in [0.3, 0.4) is 0 Å². The largest absolute Gasteiger partial charge is 0.487 e. The van der Waals surface area contributed by atoms with Crippen molar-refractivity contribution in [1.82, 2.24) is 14.9 Å². The molecular formula is C29H25ClF2N4O4. The topological polar surface area (TPSA) is 77.0 Å². The second kappa shape index (κ2) is 11.8. The first-order chi connectivity index (χ1) is 19.4. The number of fused-ring (bicyclic) bond motifs is 1. The van der Waals surface area contributed by atoms with E-state index in [-0.39, 0.29) is 24.3 Å². The van der Waals surface area contributed by atoms with Gasteiger partial charge in [-0.1, -0.05) is 24.2 Å². The Labute approximate surface area is 234 Å². The summed E-state index contributed by atoms with van der Waals surface area (Å²) < 4.78 is 46.3. The highest BCUT2D eigenvalue weighted by Gasteiger charge is 2.32. The molecule has 5 rings (SSSR count). The molecule has 3 aromatic carbocycles. The van der Waals surface area contributed by atoms with Crippen molar-refractivity contribution in [3.8, 4) is 11.5 Å². The van der Waals surface area contributed by atoms with Crippen molar-refractivity contribution in [3.63, 3.8) is 0 Å². The molecule has 0 unspecified atom stereocenters. The van der Waals surface area contributed by atoms with Gasteiger partial charge in [-0.2, -0.15) is 0 Å². The molecule has 0 radical (unpaired) electrons. The van der Waals surface area contributed by atoms with Crippen molar-refractivity contribution in [2.45, 2.75) is 6.10 Å². The maximum atomic E-state index is 15.2. The molecule has 1 amide bonds. The lowest BCUT2D eigenvalue weighted by Gasteiger charge is -2.38. The van der Waals surface area contributed by atoms with Crippen molar-refractivity contribution in [1.29, 1.82) is 0 Å². The van der Waals surface area contributed by atoms with Gasteiger partial charge in [0, 0.05) is 35.3 Å². The van der Waals surface area contributed by atoms with E-state index in [0.717, 1.165) is 6.07 Å². The number of carbonyl (C=O) groups excluding carboxylic acids is 1. The highest BCUT2D eigenvalue weighted by atomic mass is 35.5. The number of nitrogens with zero attached hydrogens (tertiary/aromatic N) is 4. The fourth-order valence-electron chi connectivity index (χ4n) is 4.32. The van der Waals surface area contributed by atoms with Crippen LogP contribution in [0.2, 0.25) is 5.02 Å². The second-order valence-electron chi connectivity index (χ2n) is 8.95. The predicted molar refractivity (Wildman–Crippen MR) is 148 cm³/mol. The second-order valence-corrected chi connectivity index (χ2v) is 9.39. The van der Waals surface area contributed by atoms with E-state index in [0.29, 0.717) is 58.6 Å². The van der Waals surface area contributed by atoms with Gasteiger partial charge >= 0.3 is 0 Å². The number of likely N-dealkylation sites (tertiary alicyclic amines) is 1. The molecule has 0 N–H and O–H groups in total. The van der Waals surface area contributed by atoms with Crippen LogP contribution >= 0.6 is 11.6 Å². The van der Waals surface area contributed by atoms with Crippen molar-refractivity contribution in [2.75, 3.05) is 38.3 Å². The summed E-state index contributed by atoms with van der Waals surface area (Å²) in [5.41, 5.74) is 1.05. The summed E-state index contributed by atoms with van der Waals surface area (Å²) in [5.74, 6) is -0.555. The van der Waals surface area contributed by atoms with Crippen LogP contribution in [-0.2, 0) is 9.53 Å². The summed E-state index contributed by atoms with van der Waals surface area (Å²) in [4.78, 5) is 23.9. The van der Waals surface area contributed by atoms with E-state index >= 15 is 4.39 Å². The number of carbonyl (C=O) groups is 1. The molecule has 40 heavy (non-hydrogen) atoms. The van der Waals surface area contributed by atoms with E-state index in [1.54, 1.807) is 48.4 Å². The molecule has 0 saturated carbocycles. The van der Waals surface area contributed by atoms with Crippen LogP contribution < -0.4 is 14.4 Å². The minimum Gasteiger partial charge on any atom is -0.487 e. The summed E-state index contributed by atoms with van der Waals surface area (Å²) in [7, 11) is 1.57. The number of aromatic nitrogens is 2. The lowest BCUT2D eigenvalue weighted by molar-refractivity contribution is -0.134. The van der Waals surface area contributed by atoms with Gasteiger partial charge in [-0.3, -0.25) is 9.69 Å². The maximum Gasteiger partial charge on any atom is 0.246 e. The number of methoxy groups -OCH3 is 1. The van der Waals surface area contributed by atoms with Gasteiger partial charge in [0.15, 0.2) is 11.5 Å². The third-order valence-electron chi connectivity index (χ3n) is 6.28. The molecule has 2 heterocycles. The number of anilines is 3. The van der Waals surface area contributed by atoms with Crippen LogP contribution in [-0.4, -0.2) is 60.3 Å². The van der Waals surface area contributed by atoms with Crippen LogP contribution in [0.15, 0.2) is 73.6 Å². The number of amides is 1. The van der Waals surface area contributed by atoms with Crippen LogP contribution in [0.25, 0.3) is 10.9 Å². The van der Waals surface area contributed by atoms with Crippen LogP contribution in [0.1, 0.15) is 0 Å². The number of halogens is 3. The van der Waals surface area contributed by atoms with Gasteiger partial charge < -0.3 is 19.1 Å². The van der Waals surface area contributed by atoms with E-state index in [1.807, 2.05) is 0 Å². The smallest absolute Gasteiger partial charge is 0.246 e. The molecule has 4 aromatic rings. The Morgan fingerprint density at radius 3 is 2.67 bits per heavy atom. The molecule has 11 heteroatoms. The van der Waals surface area contributed by atoms with Gasteiger partial charge in [0.2, 0.25) is 5.91 Å². The summed E-state index contributed by atoms with van der Waals surface area (Å²) in [5, 5.41) is 0.934. The fourth-order valence-corrected chi connectivity index (χ4v) is 4.51. The molecule has 0 spiro atoms. The van der Waals surface area contributed by atoms with Gasteiger partial charge in [0.05, 0.1) is 30.9 Å². The van der Waals surface area contributed by atoms with Gasteiger partial charge in [-0.15, -0.1) is 0 Å².